The number of benzene rings is 1. The van der Waals surface area contributed by atoms with Crippen LogP contribution in [-0.4, -0.2) is 27.2 Å². The first-order chi connectivity index (χ1) is 7.60. The molecule has 0 saturated carbocycles. The number of ether oxygens (including phenoxy) is 1. The number of nitrogens with zero attached hydrogens (tertiary/aromatic N) is 1. The molecule has 0 fully saturated rings. The molecule has 0 atom stereocenters. The summed E-state index contributed by atoms with van der Waals surface area (Å²) in [6, 6.07) is 6.32. The molecule has 0 unspecified atom stereocenters. The van der Waals surface area contributed by atoms with Gasteiger partial charge in [-0.2, -0.15) is 0 Å². The highest BCUT2D eigenvalue weighted by Gasteiger charge is 2.10. The van der Waals surface area contributed by atoms with Crippen molar-refractivity contribution >= 4 is 5.69 Å². The Morgan fingerprint density at radius 3 is 2.56 bits per heavy atom. The molecule has 0 aliphatic heterocycles. The number of rotatable bonds is 5. The lowest BCUT2D eigenvalue weighted by atomic mass is 10.0. The lowest BCUT2D eigenvalue weighted by Crippen LogP contribution is -2.25. The van der Waals surface area contributed by atoms with Gasteiger partial charge < -0.3 is 15.4 Å². The fourth-order valence-corrected chi connectivity index (χ4v) is 1.68. The van der Waals surface area contributed by atoms with Gasteiger partial charge in [0.2, 0.25) is 0 Å². The predicted octanol–water partition coefficient (Wildman–Crippen LogP) is 2.21. The summed E-state index contributed by atoms with van der Waals surface area (Å²) >= 11 is 0. The topological polar surface area (TPSA) is 38.5 Å². The maximum atomic E-state index is 5.57. The fourth-order valence-electron chi connectivity index (χ4n) is 1.68. The average Bonchev–Trinajstić information content (AvgIpc) is 2.28. The van der Waals surface area contributed by atoms with Crippen LogP contribution in [0.5, 0.6) is 5.75 Å². The summed E-state index contributed by atoms with van der Waals surface area (Å²) in [4.78, 5) is 2.13. The summed E-state index contributed by atoms with van der Waals surface area (Å²) in [5.74, 6) is 1.43. The van der Waals surface area contributed by atoms with Crippen molar-refractivity contribution in [1.29, 1.82) is 0 Å². The van der Waals surface area contributed by atoms with Gasteiger partial charge in [-0.15, -0.1) is 0 Å². The smallest absolute Gasteiger partial charge is 0.142 e. The normalized spacial score (nSPS) is 10.6. The predicted molar refractivity (Wildman–Crippen MR) is 69.4 cm³/mol. The molecule has 3 heteroatoms. The summed E-state index contributed by atoms with van der Waals surface area (Å²) in [5.41, 5.74) is 8.00. The summed E-state index contributed by atoms with van der Waals surface area (Å²) in [6.45, 7) is 5.85. The molecule has 16 heavy (non-hydrogen) atoms. The van der Waals surface area contributed by atoms with E-state index >= 15 is 0 Å². The number of anilines is 1. The first-order valence-electron chi connectivity index (χ1n) is 5.69. The molecule has 3 nitrogen and oxygen atoms in total. The molecule has 0 heterocycles. The summed E-state index contributed by atoms with van der Waals surface area (Å²) in [5, 5.41) is 0. The molecule has 0 aliphatic rings. The molecule has 1 rings (SSSR count). The van der Waals surface area contributed by atoms with Crippen molar-refractivity contribution in [3.05, 3.63) is 23.8 Å². The largest absolute Gasteiger partial charge is 0.495 e. The van der Waals surface area contributed by atoms with E-state index in [4.69, 9.17) is 10.5 Å². The third-order valence-electron chi connectivity index (χ3n) is 2.75. The zero-order valence-corrected chi connectivity index (χ0v) is 10.7. The molecule has 0 aliphatic carbocycles. The maximum absolute atomic E-state index is 5.57. The number of methoxy groups -OCH3 is 1. The van der Waals surface area contributed by atoms with Crippen molar-refractivity contribution in [3.63, 3.8) is 0 Å². The molecule has 1 aromatic rings. The van der Waals surface area contributed by atoms with Gasteiger partial charge in [-0.1, -0.05) is 19.9 Å². The molecule has 1 aromatic carbocycles. The minimum atomic E-state index is 0.524. The van der Waals surface area contributed by atoms with Crippen LogP contribution >= 0.6 is 0 Å². The molecule has 2 N–H and O–H groups in total. The zero-order chi connectivity index (χ0) is 12.1. The molecular formula is C13H22N2O. The maximum Gasteiger partial charge on any atom is 0.142 e. The molecule has 0 amide bonds. The van der Waals surface area contributed by atoms with E-state index in [9.17, 15) is 0 Å². The lowest BCUT2D eigenvalue weighted by Gasteiger charge is -2.22. The van der Waals surface area contributed by atoms with Crippen LogP contribution in [0.1, 0.15) is 25.3 Å². The monoisotopic (exact) mass is 222 g/mol. The first-order valence-corrected chi connectivity index (χ1v) is 5.69. The molecule has 0 radical (unpaired) electrons. The average molecular weight is 222 g/mol. The van der Waals surface area contributed by atoms with Crippen LogP contribution in [-0.2, 0) is 0 Å². The van der Waals surface area contributed by atoms with E-state index < -0.39 is 0 Å². The van der Waals surface area contributed by atoms with E-state index in [1.54, 1.807) is 7.11 Å². The van der Waals surface area contributed by atoms with Gasteiger partial charge >= 0.3 is 0 Å². The second-order valence-electron chi connectivity index (χ2n) is 4.30. The Hall–Kier alpha value is -1.22. The van der Waals surface area contributed by atoms with Crippen LogP contribution < -0.4 is 15.4 Å². The van der Waals surface area contributed by atoms with E-state index in [0.717, 1.165) is 18.0 Å². The van der Waals surface area contributed by atoms with Crippen LogP contribution in [0, 0.1) is 0 Å². The van der Waals surface area contributed by atoms with Crippen LogP contribution in [0.15, 0.2) is 18.2 Å². The standard InChI is InChI=1S/C13H22N2O/c1-10(2)11-5-6-13(16-4)12(9-11)15(3)8-7-14/h5-6,9-10H,7-8,14H2,1-4H3. The van der Waals surface area contributed by atoms with E-state index in [1.165, 1.54) is 5.56 Å². The summed E-state index contributed by atoms with van der Waals surface area (Å²) in [6.07, 6.45) is 0. The molecule has 0 saturated heterocycles. The number of hydrogen-bond donors (Lipinski definition) is 1. The molecule has 90 valence electrons. The molecule has 0 spiro atoms. The van der Waals surface area contributed by atoms with Crippen molar-refractivity contribution in [3.8, 4) is 5.75 Å². The van der Waals surface area contributed by atoms with Crippen LogP contribution in [0.25, 0.3) is 0 Å². The SMILES string of the molecule is COc1ccc(C(C)C)cc1N(C)CCN. The van der Waals surface area contributed by atoms with Crippen molar-refractivity contribution < 1.29 is 4.74 Å². The van der Waals surface area contributed by atoms with Crippen LogP contribution in [0.3, 0.4) is 0 Å². The highest BCUT2D eigenvalue weighted by molar-refractivity contribution is 5.60. The summed E-state index contributed by atoms with van der Waals surface area (Å²) in [7, 11) is 3.74. The summed E-state index contributed by atoms with van der Waals surface area (Å²) < 4.78 is 5.37. The van der Waals surface area contributed by atoms with E-state index in [1.807, 2.05) is 13.1 Å². The van der Waals surface area contributed by atoms with Gasteiger partial charge in [-0.3, -0.25) is 0 Å². The lowest BCUT2D eigenvalue weighted by molar-refractivity contribution is 0.414. The Morgan fingerprint density at radius 2 is 2.06 bits per heavy atom. The third kappa shape index (κ3) is 2.89. The van der Waals surface area contributed by atoms with E-state index in [0.29, 0.717) is 12.5 Å². The highest BCUT2D eigenvalue weighted by atomic mass is 16.5. The van der Waals surface area contributed by atoms with Crippen molar-refractivity contribution in [2.24, 2.45) is 5.73 Å². The van der Waals surface area contributed by atoms with Crippen LogP contribution in [0.2, 0.25) is 0 Å². The Morgan fingerprint density at radius 1 is 1.38 bits per heavy atom. The van der Waals surface area contributed by atoms with Gasteiger partial charge in [0.1, 0.15) is 5.75 Å². The molecule has 0 aromatic heterocycles. The Labute approximate surface area is 98.2 Å². The van der Waals surface area contributed by atoms with Crippen LogP contribution in [0.4, 0.5) is 5.69 Å². The minimum Gasteiger partial charge on any atom is -0.495 e. The quantitative estimate of drug-likeness (QED) is 0.830. The minimum absolute atomic E-state index is 0.524. The van der Waals surface area contributed by atoms with Gasteiger partial charge in [-0.05, 0) is 23.6 Å². The Bertz CT molecular complexity index is 337. The van der Waals surface area contributed by atoms with E-state index in [-0.39, 0.29) is 0 Å². The molecular weight excluding hydrogens is 200 g/mol. The van der Waals surface area contributed by atoms with Gasteiger partial charge in [0.15, 0.2) is 0 Å². The van der Waals surface area contributed by atoms with Gasteiger partial charge in [0.25, 0.3) is 0 Å². The molecule has 0 bridgehead atoms. The van der Waals surface area contributed by atoms with E-state index in [2.05, 4.69) is 30.9 Å². The highest BCUT2D eigenvalue weighted by Crippen LogP contribution is 2.30. The number of likely N-dealkylation sites (N-methyl/N-ethyl adjacent to an activating group) is 1. The second kappa shape index (κ2) is 5.75. The Kier molecular flexibility index (Phi) is 4.62. The first kappa shape index (κ1) is 12.8. The van der Waals surface area contributed by atoms with Crippen molar-refractivity contribution in [2.75, 3.05) is 32.1 Å². The zero-order valence-electron chi connectivity index (χ0n) is 10.7. The number of nitrogens with two attached hydrogens (primary N) is 1. The van der Waals surface area contributed by atoms with Crippen molar-refractivity contribution in [2.45, 2.75) is 19.8 Å². The van der Waals surface area contributed by atoms with Gasteiger partial charge in [-0.25, -0.2) is 0 Å². The second-order valence-corrected chi connectivity index (χ2v) is 4.30. The Balaban J connectivity index is 3.06. The number of hydrogen-bond acceptors (Lipinski definition) is 3. The van der Waals surface area contributed by atoms with Gasteiger partial charge in [0.05, 0.1) is 12.8 Å². The van der Waals surface area contributed by atoms with Gasteiger partial charge in [0, 0.05) is 20.1 Å². The third-order valence-corrected chi connectivity index (χ3v) is 2.75. The van der Waals surface area contributed by atoms with Crippen molar-refractivity contribution in [1.82, 2.24) is 0 Å². The fraction of sp³-hybridized carbons (Fsp3) is 0.538.